The summed E-state index contributed by atoms with van der Waals surface area (Å²) in [4.78, 5) is 31.3. The Balaban J connectivity index is 2.68. The molecule has 16 heavy (non-hydrogen) atoms. The Hall–Kier alpha value is -2.17. The Morgan fingerprint density at radius 1 is 1.31 bits per heavy atom. The maximum Gasteiger partial charge on any atom is 0.280 e. The summed E-state index contributed by atoms with van der Waals surface area (Å²) in [6, 6.07) is 7.09. The van der Waals surface area contributed by atoms with Gasteiger partial charge in [0.25, 0.3) is 11.5 Å². The van der Waals surface area contributed by atoms with Gasteiger partial charge in [0.05, 0.1) is 11.0 Å². The first-order chi connectivity index (χ1) is 7.59. The molecule has 1 N–H and O–H groups in total. The molecule has 0 fully saturated rings. The van der Waals surface area contributed by atoms with Crippen molar-refractivity contribution in [3.05, 3.63) is 40.3 Å². The van der Waals surface area contributed by atoms with Crippen molar-refractivity contribution in [3.63, 3.8) is 0 Å². The molecule has 2 rings (SSSR count). The van der Waals surface area contributed by atoms with Gasteiger partial charge < -0.3 is 9.88 Å². The Labute approximate surface area is 91.7 Å². The molecule has 0 unspecified atom stereocenters. The zero-order valence-corrected chi connectivity index (χ0v) is 9.02. The van der Waals surface area contributed by atoms with E-state index in [2.05, 4.69) is 9.97 Å². The number of aromatic nitrogens is 2. The van der Waals surface area contributed by atoms with Gasteiger partial charge in [0, 0.05) is 14.1 Å². The molecule has 0 aliphatic rings. The summed E-state index contributed by atoms with van der Waals surface area (Å²) in [7, 11) is 3.16. The minimum absolute atomic E-state index is 0.0799. The second kappa shape index (κ2) is 3.77. The van der Waals surface area contributed by atoms with E-state index in [-0.39, 0.29) is 5.69 Å². The van der Waals surface area contributed by atoms with Gasteiger partial charge in [0.15, 0.2) is 5.69 Å². The lowest BCUT2D eigenvalue weighted by Crippen LogP contribution is -2.30. The largest absolute Gasteiger partial charge is 0.343 e. The molecule has 5 heteroatoms. The van der Waals surface area contributed by atoms with Crippen molar-refractivity contribution in [2.75, 3.05) is 14.1 Å². The molecule has 0 aliphatic heterocycles. The zero-order valence-electron chi connectivity index (χ0n) is 9.02. The number of carbonyl (C=O) groups excluding carboxylic acids is 1. The number of nitrogens with zero attached hydrogens (tertiary/aromatic N) is 2. The van der Waals surface area contributed by atoms with E-state index in [1.165, 1.54) is 4.90 Å². The SMILES string of the molecule is CN(C)C(=O)c1nc2ccccc2[nH]c1=O. The lowest BCUT2D eigenvalue weighted by Gasteiger charge is -2.08. The highest BCUT2D eigenvalue weighted by Gasteiger charge is 2.15. The molecular formula is C11H11N3O2. The Bertz CT molecular complexity index is 601. The van der Waals surface area contributed by atoms with Crippen molar-refractivity contribution < 1.29 is 4.79 Å². The third-order valence-electron chi connectivity index (χ3n) is 2.21. The number of para-hydroxylation sites is 2. The van der Waals surface area contributed by atoms with Crippen LogP contribution in [0.15, 0.2) is 29.1 Å². The van der Waals surface area contributed by atoms with Crippen LogP contribution in [0.4, 0.5) is 0 Å². The second-order valence-electron chi connectivity index (χ2n) is 3.63. The quantitative estimate of drug-likeness (QED) is 0.761. The van der Waals surface area contributed by atoms with Crippen LogP contribution in [0, 0.1) is 0 Å². The molecule has 1 heterocycles. The Kier molecular flexibility index (Phi) is 2.44. The summed E-state index contributed by atoms with van der Waals surface area (Å²) >= 11 is 0. The first-order valence-corrected chi connectivity index (χ1v) is 4.80. The van der Waals surface area contributed by atoms with Crippen molar-refractivity contribution in [2.24, 2.45) is 0 Å². The van der Waals surface area contributed by atoms with E-state index in [0.29, 0.717) is 11.0 Å². The van der Waals surface area contributed by atoms with Crippen LogP contribution in [0.2, 0.25) is 0 Å². The third kappa shape index (κ3) is 1.67. The topological polar surface area (TPSA) is 66.1 Å². The van der Waals surface area contributed by atoms with Gasteiger partial charge in [-0.15, -0.1) is 0 Å². The summed E-state index contributed by atoms with van der Waals surface area (Å²) in [6.07, 6.45) is 0. The maximum absolute atomic E-state index is 11.7. The van der Waals surface area contributed by atoms with Crippen molar-refractivity contribution in [1.29, 1.82) is 0 Å². The van der Waals surface area contributed by atoms with Crippen molar-refractivity contribution in [1.82, 2.24) is 14.9 Å². The maximum atomic E-state index is 11.7. The molecule has 1 aromatic carbocycles. The number of nitrogens with one attached hydrogen (secondary N) is 1. The smallest absolute Gasteiger partial charge is 0.280 e. The van der Waals surface area contributed by atoms with Gasteiger partial charge in [-0.2, -0.15) is 0 Å². The number of aromatic amines is 1. The summed E-state index contributed by atoms with van der Waals surface area (Å²) in [5.74, 6) is -0.396. The normalized spacial score (nSPS) is 10.4. The van der Waals surface area contributed by atoms with E-state index < -0.39 is 11.5 Å². The molecule has 0 aliphatic carbocycles. The number of hydrogen-bond donors (Lipinski definition) is 1. The van der Waals surface area contributed by atoms with E-state index in [4.69, 9.17) is 0 Å². The number of carbonyl (C=O) groups is 1. The molecule has 0 spiro atoms. The first kappa shape index (κ1) is 10.4. The molecule has 0 radical (unpaired) electrons. The van der Waals surface area contributed by atoms with E-state index in [0.717, 1.165) is 0 Å². The molecule has 82 valence electrons. The average molecular weight is 217 g/mol. The van der Waals surface area contributed by atoms with Crippen LogP contribution in [-0.2, 0) is 0 Å². The van der Waals surface area contributed by atoms with E-state index >= 15 is 0 Å². The van der Waals surface area contributed by atoms with Crippen LogP contribution in [-0.4, -0.2) is 34.9 Å². The molecular weight excluding hydrogens is 206 g/mol. The molecule has 2 aromatic rings. The Morgan fingerprint density at radius 3 is 2.69 bits per heavy atom. The molecule has 0 bridgehead atoms. The summed E-state index contributed by atoms with van der Waals surface area (Å²) in [6.45, 7) is 0. The van der Waals surface area contributed by atoms with Gasteiger partial charge in [-0.05, 0) is 12.1 Å². The number of H-pyrrole nitrogens is 1. The number of hydrogen-bond acceptors (Lipinski definition) is 3. The standard InChI is InChI=1S/C11H11N3O2/c1-14(2)11(16)9-10(15)13-8-6-4-3-5-7(8)12-9/h3-6H,1-2H3,(H,13,15). The van der Waals surface area contributed by atoms with Gasteiger partial charge in [-0.1, -0.05) is 12.1 Å². The number of fused-ring (bicyclic) bond motifs is 1. The number of amides is 1. The fraction of sp³-hybridized carbons (Fsp3) is 0.182. The van der Waals surface area contributed by atoms with Crippen LogP contribution in [0.25, 0.3) is 11.0 Å². The molecule has 0 saturated heterocycles. The Morgan fingerprint density at radius 2 is 2.00 bits per heavy atom. The number of rotatable bonds is 1. The lowest BCUT2D eigenvalue weighted by molar-refractivity contribution is 0.0820. The molecule has 0 saturated carbocycles. The summed E-state index contributed by atoms with van der Waals surface area (Å²) < 4.78 is 0. The van der Waals surface area contributed by atoms with Crippen LogP contribution < -0.4 is 5.56 Å². The fourth-order valence-corrected chi connectivity index (χ4v) is 1.39. The molecule has 1 aromatic heterocycles. The summed E-state index contributed by atoms with van der Waals surface area (Å²) in [5.41, 5.74) is 0.691. The van der Waals surface area contributed by atoms with Crippen LogP contribution in [0.3, 0.4) is 0 Å². The van der Waals surface area contributed by atoms with Gasteiger partial charge in [0.2, 0.25) is 0 Å². The highest BCUT2D eigenvalue weighted by atomic mass is 16.2. The van der Waals surface area contributed by atoms with Crippen molar-refractivity contribution >= 4 is 16.9 Å². The third-order valence-corrected chi connectivity index (χ3v) is 2.21. The average Bonchev–Trinajstić information content (AvgIpc) is 2.27. The van der Waals surface area contributed by atoms with E-state index in [1.807, 2.05) is 0 Å². The molecule has 5 nitrogen and oxygen atoms in total. The van der Waals surface area contributed by atoms with Gasteiger partial charge in [0.1, 0.15) is 0 Å². The fourth-order valence-electron chi connectivity index (χ4n) is 1.39. The van der Waals surface area contributed by atoms with E-state index in [9.17, 15) is 9.59 Å². The van der Waals surface area contributed by atoms with Crippen LogP contribution in [0.1, 0.15) is 10.5 Å². The van der Waals surface area contributed by atoms with Crippen LogP contribution >= 0.6 is 0 Å². The second-order valence-corrected chi connectivity index (χ2v) is 3.63. The minimum atomic E-state index is -0.461. The first-order valence-electron chi connectivity index (χ1n) is 4.80. The van der Waals surface area contributed by atoms with Crippen molar-refractivity contribution in [2.45, 2.75) is 0 Å². The lowest BCUT2D eigenvalue weighted by atomic mass is 10.3. The monoisotopic (exact) mass is 217 g/mol. The van der Waals surface area contributed by atoms with Gasteiger partial charge in [-0.25, -0.2) is 4.98 Å². The molecule has 1 amide bonds. The zero-order chi connectivity index (χ0) is 11.7. The number of benzene rings is 1. The highest BCUT2D eigenvalue weighted by molar-refractivity contribution is 5.93. The van der Waals surface area contributed by atoms with Gasteiger partial charge in [-0.3, -0.25) is 9.59 Å². The minimum Gasteiger partial charge on any atom is -0.343 e. The summed E-state index contributed by atoms with van der Waals surface area (Å²) in [5, 5.41) is 0. The van der Waals surface area contributed by atoms with Crippen molar-refractivity contribution in [3.8, 4) is 0 Å². The van der Waals surface area contributed by atoms with Gasteiger partial charge >= 0.3 is 0 Å². The predicted molar refractivity (Wildman–Crippen MR) is 60.4 cm³/mol. The predicted octanol–water partition coefficient (Wildman–Crippen LogP) is 0.625. The molecule has 0 atom stereocenters. The van der Waals surface area contributed by atoms with Crippen LogP contribution in [0.5, 0.6) is 0 Å². The highest BCUT2D eigenvalue weighted by Crippen LogP contribution is 2.06. The van der Waals surface area contributed by atoms with E-state index in [1.54, 1.807) is 38.4 Å².